The fraction of sp³-hybridized carbons (Fsp3) is 0.176. The summed E-state index contributed by atoms with van der Waals surface area (Å²) < 4.78 is 2.04. The lowest BCUT2D eigenvalue weighted by molar-refractivity contribution is 0.474. The lowest BCUT2D eigenvalue weighted by Gasteiger charge is -2.06. The van der Waals surface area contributed by atoms with E-state index in [1.54, 1.807) is 18.2 Å². The molecule has 1 N–H and O–H groups in total. The van der Waals surface area contributed by atoms with Crippen LogP contribution in [0.15, 0.2) is 47.5 Å². The van der Waals surface area contributed by atoms with E-state index in [1.807, 2.05) is 35.8 Å². The predicted molar refractivity (Wildman–Crippen MR) is 90.4 cm³/mol. The summed E-state index contributed by atoms with van der Waals surface area (Å²) in [5, 5.41) is 10.5. The van der Waals surface area contributed by atoms with Crippen molar-refractivity contribution < 1.29 is 5.11 Å². The van der Waals surface area contributed by atoms with E-state index in [-0.39, 0.29) is 5.75 Å². The lowest BCUT2D eigenvalue weighted by Crippen LogP contribution is -1.98. The van der Waals surface area contributed by atoms with Crippen LogP contribution >= 0.6 is 11.6 Å². The number of imidazole rings is 1. The van der Waals surface area contributed by atoms with Gasteiger partial charge in [-0.2, -0.15) is 0 Å². The summed E-state index contributed by atoms with van der Waals surface area (Å²) in [7, 11) is 0. The molecular weight excluding hydrogens is 298 g/mol. The van der Waals surface area contributed by atoms with Gasteiger partial charge in [-0.05, 0) is 44.2 Å². The minimum absolute atomic E-state index is 0.157. The molecule has 3 rings (SSSR count). The average molecular weight is 314 g/mol. The molecular formula is C17H16ClN3O. The van der Waals surface area contributed by atoms with Gasteiger partial charge in [0.25, 0.3) is 0 Å². The smallest absolute Gasteiger partial charge is 0.230 e. The fourth-order valence-electron chi connectivity index (χ4n) is 2.47. The van der Waals surface area contributed by atoms with Crippen LogP contribution in [0.1, 0.15) is 19.4 Å². The van der Waals surface area contributed by atoms with Gasteiger partial charge in [0.2, 0.25) is 5.95 Å². The van der Waals surface area contributed by atoms with Crippen LogP contribution in [0.5, 0.6) is 5.75 Å². The number of nitrogens with zero attached hydrogens (tertiary/aromatic N) is 3. The molecule has 0 bridgehead atoms. The van der Waals surface area contributed by atoms with Crippen LogP contribution in [0.25, 0.3) is 11.0 Å². The molecule has 1 heterocycles. The quantitative estimate of drug-likeness (QED) is 0.721. The molecule has 1 aromatic heterocycles. The molecule has 22 heavy (non-hydrogen) atoms. The highest BCUT2D eigenvalue weighted by Gasteiger charge is 2.11. The summed E-state index contributed by atoms with van der Waals surface area (Å²) in [4.78, 5) is 9.15. The van der Waals surface area contributed by atoms with Gasteiger partial charge >= 0.3 is 0 Å². The van der Waals surface area contributed by atoms with Crippen LogP contribution in [-0.4, -0.2) is 20.4 Å². The molecule has 0 radical (unpaired) electrons. The number of rotatable bonds is 3. The summed E-state index contributed by atoms with van der Waals surface area (Å²) >= 11 is 6.00. The molecule has 0 spiro atoms. The Hall–Kier alpha value is -2.33. The normalized spacial score (nSPS) is 12.0. The van der Waals surface area contributed by atoms with Gasteiger partial charge in [-0.3, -0.25) is 0 Å². The molecule has 0 aliphatic heterocycles. The molecule has 3 aromatic rings. The molecule has 0 atom stereocenters. The summed E-state index contributed by atoms with van der Waals surface area (Å²) in [5.41, 5.74) is 3.24. The molecule has 0 unspecified atom stereocenters. The number of fused-ring (bicyclic) bond motifs is 1. The van der Waals surface area contributed by atoms with Crippen molar-refractivity contribution in [2.75, 3.05) is 0 Å². The van der Waals surface area contributed by atoms with Crippen molar-refractivity contribution in [1.29, 1.82) is 0 Å². The largest absolute Gasteiger partial charge is 0.507 e. The van der Waals surface area contributed by atoms with Gasteiger partial charge in [0.15, 0.2) is 0 Å². The minimum atomic E-state index is 0.157. The highest BCUT2D eigenvalue weighted by atomic mass is 35.5. The van der Waals surface area contributed by atoms with E-state index in [4.69, 9.17) is 11.6 Å². The third-order valence-corrected chi connectivity index (χ3v) is 3.80. The molecule has 0 saturated carbocycles. The zero-order chi connectivity index (χ0) is 15.7. The Morgan fingerprint density at radius 2 is 2.05 bits per heavy atom. The zero-order valence-corrected chi connectivity index (χ0v) is 13.2. The summed E-state index contributed by atoms with van der Waals surface area (Å²) in [6.07, 6.45) is 0. The van der Waals surface area contributed by atoms with Crippen LogP contribution in [0.3, 0.4) is 0 Å². The monoisotopic (exact) mass is 313 g/mol. The second-order valence-electron chi connectivity index (χ2n) is 5.00. The maximum atomic E-state index is 9.98. The Labute approximate surface area is 133 Å². The lowest BCUT2D eigenvalue weighted by atomic mass is 10.1. The summed E-state index contributed by atoms with van der Waals surface area (Å²) in [5.74, 6) is 0.783. The van der Waals surface area contributed by atoms with E-state index < -0.39 is 0 Å². The molecule has 2 aromatic carbocycles. The first-order chi connectivity index (χ1) is 10.6. The molecule has 5 heteroatoms. The van der Waals surface area contributed by atoms with Gasteiger partial charge in [-0.25, -0.2) is 9.98 Å². The van der Waals surface area contributed by atoms with Gasteiger partial charge < -0.3 is 9.67 Å². The van der Waals surface area contributed by atoms with E-state index in [0.29, 0.717) is 22.2 Å². The first-order valence-corrected chi connectivity index (χ1v) is 7.47. The second kappa shape index (κ2) is 5.81. The first-order valence-electron chi connectivity index (χ1n) is 7.09. The van der Waals surface area contributed by atoms with Crippen molar-refractivity contribution >= 4 is 34.3 Å². The maximum absolute atomic E-state index is 9.98. The van der Waals surface area contributed by atoms with Crippen LogP contribution < -0.4 is 0 Å². The van der Waals surface area contributed by atoms with Crippen molar-refractivity contribution in [3.8, 4) is 5.75 Å². The van der Waals surface area contributed by atoms with E-state index in [9.17, 15) is 5.11 Å². The number of para-hydroxylation sites is 2. The maximum Gasteiger partial charge on any atom is 0.230 e. The number of hydrogen-bond acceptors (Lipinski definition) is 3. The average Bonchev–Trinajstić information content (AvgIpc) is 2.86. The van der Waals surface area contributed by atoms with Crippen molar-refractivity contribution in [2.24, 2.45) is 4.99 Å². The number of halogens is 1. The van der Waals surface area contributed by atoms with E-state index in [0.717, 1.165) is 17.6 Å². The Bertz CT molecular complexity index is 867. The Morgan fingerprint density at radius 3 is 2.82 bits per heavy atom. The fourth-order valence-corrected chi connectivity index (χ4v) is 2.64. The van der Waals surface area contributed by atoms with Crippen molar-refractivity contribution in [3.63, 3.8) is 0 Å². The number of hydrogen-bond donors (Lipinski definition) is 1. The molecule has 0 fully saturated rings. The third kappa shape index (κ3) is 2.57. The van der Waals surface area contributed by atoms with Crippen LogP contribution in [-0.2, 0) is 6.54 Å². The highest BCUT2D eigenvalue weighted by Crippen LogP contribution is 2.26. The topological polar surface area (TPSA) is 50.4 Å². The second-order valence-corrected chi connectivity index (χ2v) is 5.44. The summed E-state index contributed by atoms with van der Waals surface area (Å²) in [6.45, 7) is 4.66. The molecule has 0 amide bonds. The third-order valence-electron chi connectivity index (χ3n) is 3.57. The minimum Gasteiger partial charge on any atom is -0.507 e. The number of phenolic OH excluding ortho intramolecular Hbond substituents is 1. The highest BCUT2D eigenvalue weighted by molar-refractivity contribution is 6.31. The van der Waals surface area contributed by atoms with E-state index in [1.165, 1.54) is 0 Å². The van der Waals surface area contributed by atoms with Gasteiger partial charge in [0, 0.05) is 17.1 Å². The molecule has 4 nitrogen and oxygen atoms in total. The molecule has 0 aliphatic carbocycles. The Morgan fingerprint density at radius 1 is 1.27 bits per heavy atom. The van der Waals surface area contributed by atoms with Crippen molar-refractivity contribution in [1.82, 2.24) is 9.55 Å². The number of aliphatic imine (C=N–C) groups is 1. The number of benzene rings is 2. The van der Waals surface area contributed by atoms with Gasteiger partial charge in [0.05, 0.1) is 16.7 Å². The number of aromatic hydroxyl groups is 1. The van der Waals surface area contributed by atoms with Crippen LogP contribution in [0.2, 0.25) is 5.02 Å². The Balaban J connectivity index is 2.13. The first kappa shape index (κ1) is 14.6. The number of aryl methyl sites for hydroxylation is 1. The standard InChI is InChI=1S/C17H16ClN3O/c1-3-21-15-7-5-4-6-14(15)20-17(21)19-11(2)13-10-12(18)8-9-16(13)22/h4-10,22H,3H2,1-2H3/b19-11+. The van der Waals surface area contributed by atoms with Crippen molar-refractivity contribution in [3.05, 3.63) is 53.1 Å². The van der Waals surface area contributed by atoms with E-state index in [2.05, 4.69) is 16.9 Å². The zero-order valence-electron chi connectivity index (χ0n) is 12.4. The number of phenols is 1. The van der Waals surface area contributed by atoms with Crippen LogP contribution in [0.4, 0.5) is 5.95 Å². The summed E-state index contributed by atoms with van der Waals surface area (Å²) in [6, 6.07) is 12.9. The Kier molecular flexibility index (Phi) is 3.86. The van der Waals surface area contributed by atoms with Gasteiger partial charge in [-0.1, -0.05) is 23.7 Å². The van der Waals surface area contributed by atoms with E-state index >= 15 is 0 Å². The van der Waals surface area contributed by atoms with Crippen molar-refractivity contribution in [2.45, 2.75) is 20.4 Å². The van der Waals surface area contributed by atoms with Gasteiger partial charge in [0.1, 0.15) is 5.75 Å². The molecule has 0 saturated heterocycles. The van der Waals surface area contributed by atoms with Crippen LogP contribution in [0, 0.1) is 0 Å². The predicted octanol–water partition coefficient (Wildman–Crippen LogP) is 4.56. The molecule has 0 aliphatic rings. The SMILES string of the molecule is CCn1c(/N=C(\C)c2cc(Cl)ccc2O)nc2ccccc21. The molecule has 112 valence electrons. The van der Waals surface area contributed by atoms with Gasteiger partial charge in [-0.15, -0.1) is 0 Å². The number of aromatic nitrogens is 2.